The van der Waals surface area contributed by atoms with Gasteiger partial charge in [-0.1, -0.05) is 30.3 Å². The molecule has 0 bridgehead atoms. The minimum Gasteiger partial charge on any atom is -0.479 e. The first kappa shape index (κ1) is 20.8. The van der Waals surface area contributed by atoms with Crippen molar-refractivity contribution >= 4 is 11.3 Å². The second-order valence-corrected chi connectivity index (χ2v) is 9.54. The number of pyridine rings is 1. The van der Waals surface area contributed by atoms with E-state index in [1.54, 1.807) is 13.4 Å². The summed E-state index contributed by atoms with van der Waals surface area (Å²) in [5.74, 6) is 2.41. The molecular formula is C26H24N6OS. The summed E-state index contributed by atoms with van der Waals surface area (Å²) in [6.45, 7) is 2.83. The number of methoxy groups -OCH3 is 1. The predicted octanol–water partition coefficient (Wildman–Crippen LogP) is 5.50. The van der Waals surface area contributed by atoms with Crippen molar-refractivity contribution in [2.75, 3.05) is 7.11 Å². The number of aryl methyl sites for hydroxylation is 2. The highest BCUT2D eigenvalue weighted by molar-refractivity contribution is 7.15. The highest BCUT2D eigenvalue weighted by atomic mass is 32.1. The highest BCUT2D eigenvalue weighted by Crippen LogP contribution is 2.39. The SMILES string of the molecule is COc1nc(-c2nc3n(n2)CCC[C@H]3c2ccc(-c3ccccc3)s2)ccc1-n1cnc(C)c1. The summed E-state index contributed by atoms with van der Waals surface area (Å²) in [4.78, 5) is 16.6. The number of hydrogen-bond acceptors (Lipinski definition) is 6. The van der Waals surface area contributed by atoms with E-state index in [9.17, 15) is 0 Å². The molecule has 0 N–H and O–H groups in total. The van der Waals surface area contributed by atoms with Crippen LogP contribution in [0.2, 0.25) is 0 Å². The van der Waals surface area contributed by atoms with Gasteiger partial charge >= 0.3 is 0 Å². The number of thiophene rings is 1. The molecule has 0 saturated carbocycles. The Kier molecular flexibility index (Phi) is 5.22. The highest BCUT2D eigenvalue weighted by Gasteiger charge is 2.28. The average molecular weight is 469 g/mol. The quantitative estimate of drug-likeness (QED) is 0.341. The van der Waals surface area contributed by atoms with Crippen LogP contribution in [-0.2, 0) is 6.54 Å². The molecule has 0 saturated heterocycles. The fourth-order valence-corrected chi connectivity index (χ4v) is 5.63. The smallest absolute Gasteiger partial charge is 0.238 e. The second-order valence-electron chi connectivity index (χ2n) is 8.43. The van der Waals surface area contributed by atoms with E-state index in [-0.39, 0.29) is 5.92 Å². The summed E-state index contributed by atoms with van der Waals surface area (Å²) < 4.78 is 9.55. The molecule has 0 spiro atoms. The maximum Gasteiger partial charge on any atom is 0.238 e. The monoisotopic (exact) mass is 468 g/mol. The van der Waals surface area contributed by atoms with Gasteiger partial charge in [-0.2, -0.15) is 0 Å². The number of benzene rings is 1. The van der Waals surface area contributed by atoms with Crippen molar-refractivity contribution in [2.24, 2.45) is 0 Å². The Bertz CT molecular complexity index is 1450. The van der Waals surface area contributed by atoms with Crippen molar-refractivity contribution < 1.29 is 4.74 Å². The second kappa shape index (κ2) is 8.53. The molecule has 0 aliphatic carbocycles. The fourth-order valence-electron chi connectivity index (χ4n) is 4.48. The summed E-state index contributed by atoms with van der Waals surface area (Å²) in [7, 11) is 1.63. The van der Waals surface area contributed by atoms with Crippen molar-refractivity contribution in [1.82, 2.24) is 29.3 Å². The summed E-state index contributed by atoms with van der Waals surface area (Å²) in [5.41, 5.74) is 3.72. The Hall–Kier alpha value is -3.78. The maximum absolute atomic E-state index is 5.59. The number of fused-ring (bicyclic) bond motifs is 1. The van der Waals surface area contributed by atoms with Crippen LogP contribution in [0, 0.1) is 6.92 Å². The van der Waals surface area contributed by atoms with Crippen LogP contribution in [0.3, 0.4) is 0 Å². The van der Waals surface area contributed by atoms with Crippen molar-refractivity contribution in [1.29, 1.82) is 0 Å². The number of aromatic nitrogens is 6. The number of rotatable bonds is 5. The van der Waals surface area contributed by atoms with Gasteiger partial charge in [0, 0.05) is 22.5 Å². The standard InChI is InChI=1S/C26H24N6OS/c1-17-15-31(16-27-17)21-11-10-20(28-26(21)33-2)24-29-25-19(9-6-14-32(25)30-24)23-13-12-22(34-23)18-7-4-3-5-8-18/h3-5,7-8,10-13,15-16,19H,6,9,14H2,1-2H3/t19-/m0/s1. The number of nitrogens with zero attached hydrogens (tertiary/aromatic N) is 6. The molecule has 0 unspecified atom stereocenters. The molecule has 4 aromatic heterocycles. The van der Waals surface area contributed by atoms with Gasteiger partial charge in [-0.25, -0.2) is 19.6 Å². The van der Waals surface area contributed by atoms with Crippen LogP contribution in [0.25, 0.3) is 27.6 Å². The zero-order chi connectivity index (χ0) is 23.1. The lowest BCUT2D eigenvalue weighted by Gasteiger charge is -2.20. The third-order valence-electron chi connectivity index (χ3n) is 6.16. The first-order valence-corrected chi connectivity index (χ1v) is 12.2. The summed E-state index contributed by atoms with van der Waals surface area (Å²) in [6, 6.07) is 18.9. The van der Waals surface area contributed by atoms with Crippen molar-refractivity contribution in [2.45, 2.75) is 32.2 Å². The Morgan fingerprint density at radius 3 is 2.71 bits per heavy atom. The zero-order valence-corrected chi connectivity index (χ0v) is 19.9. The molecule has 0 fully saturated rings. The summed E-state index contributed by atoms with van der Waals surface area (Å²) in [6.07, 6.45) is 5.86. The average Bonchev–Trinajstić information content (AvgIpc) is 3.63. The predicted molar refractivity (Wildman–Crippen MR) is 132 cm³/mol. The topological polar surface area (TPSA) is 70.7 Å². The van der Waals surface area contributed by atoms with Gasteiger partial charge in [0.25, 0.3) is 0 Å². The van der Waals surface area contributed by atoms with Crippen LogP contribution < -0.4 is 4.74 Å². The van der Waals surface area contributed by atoms with Gasteiger partial charge in [0.1, 0.15) is 17.2 Å². The lowest BCUT2D eigenvalue weighted by Crippen LogP contribution is -2.17. The van der Waals surface area contributed by atoms with E-state index < -0.39 is 0 Å². The van der Waals surface area contributed by atoms with Crippen LogP contribution in [0.5, 0.6) is 5.88 Å². The lowest BCUT2D eigenvalue weighted by atomic mass is 9.97. The maximum atomic E-state index is 5.59. The summed E-state index contributed by atoms with van der Waals surface area (Å²) >= 11 is 1.84. The molecule has 1 atom stereocenters. The van der Waals surface area contributed by atoms with E-state index in [1.165, 1.54) is 15.3 Å². The molecule has 0 radical (unpaired) electrons. The third kappa shape index (κ3) is 3.70. The molecule has 6 rings (SSSR count). The van der Waals surface area contributed by atoms with Crippen LogP contribution in [0.1, 0.15) is 35.2 Å². The Morgan fingerprint density at radius 2 is 1.91 bits per heavy atom. The number of imidazole rings is 1. The van der Waals surface area contributed by atoms with Gasteiger partial charge in [-0.05, 0) is 49.6 Å². The van der Waals surface area contributed by atoms with E-state index in [2.05, 4.69) is 47.4 Å². The molecule has 5 aromatic rings. The van der Waals surface area contributed by atoms with Gasteiger partial charge in [0.2, 0.25) is 5.88 Å². The lowest BCUT2D eigenvalue weighted by molar-refractivity contribution is 0.396. The third-order valence-corrected chi connectivity index (χ3v) is 7.40. The summed E-state index contributed by atoms with van der Waals surface area (Å²) in [5, 5.41) is 4.82. The minimum atomic E-state index is 0.243. The molecule has 1 aliphatic rings. The van der Waals surface area contributed by atoms with Crippen molar-refractivity contribution in [3.63, 3.8) is 0 Å². The van der Waals surface area contributed by atoms with Crippen molar-refractivity contribution in [3.8, 4) is 33.5 Å². The van der Waals surface area contributed by atoms with Crippen LogP contribution in [0.15, 0.2) is 67.1 Å². The fraction of sp³-hybridized carbons (Fsp3) is 0.231. The Morgan fingerprint density at radius 1 is 1.03 bits per heavy atom. The normalized spacial score (nSPS) is 15.3. The molecule has 0 amide bonds. The Labute approximate surface area is 201 Å². The van der Waals surface area contributed by atoms with Gasteiger partial charge in [-0.15, -0.1) is 16.4 Å². The molecule has 5 heterocycles. The molecule has 1 aliphatic heterocycles. The van der Waals surface area contributed by atoms with Gasteiger partial charge in [-0.3, -0.25) is 0 Å². The van der Waals surface area contributed by atoms with Crippen LogP contribution >= 0.6 is 11.3 Å². The van der Waals surface area contributed by atoms with Gasteiger partial charge in [0.05, 0.1) is 25.0 Å². The largest absolute Gasteiger partial charge is 0.479 e. The van der Waals surface area contributed by atoms with Crippen LogP contribution in [-0.4, -0.2) is 36.4 Å². The van der Waals surface area contributed by atoms with E-state index in [0.29, 0.717) is 17.4 Å². The first-order valence-electron chi connectivity index (χ1n) is 11.4. The number of hydrogen-bond donors (Lipinski definition) is 0. The molecular weight excluding hydrogens is 444 g/mol. The van der Waals surface area contributed by atoms with Crippen molar-refractivity contribution in [3.05, 3.63) is 83.5 Å². The number of ether oxygens (including phenoxy) is 1. The minimum absolute atomic E-state index is 0.243. The van der Waals surface area contributed by atoms with E-state index in [1.807, 2.05) is 45.8 Å². The van der Waals surface area contributed by atoms with E-state index >= 15 is 0 Å². The molecule has 170 valence electrons. The zero-order valence-electron chi connectivity index (χ0n) is 19.0. The molecule has 34 heavy (non-hydrogen) atoms. The first-order chi connectivity index (χ1) is 16.7. The molecule has 7 nitrogen and oxygen atoms in total. The van der Waals surface area contributed by atoms with Gasteiger partial charge < -0.3 is 9.30 Å². The van der Waals surface area contributed by atoms with Gasteiger partial charge in [0.15, 0.2) is 5.82 Å². The molecule has 1 aromatic carbocycles. The Balaban J connectivity index is 1.34. The molecule has 8 heteroatoms. The van der Waals surface area contributed by atoms with E-state index in [4.69, 9.17) is 19.8 Å². The van der Waals surface area contributed by atoms with Crippen LogP contribution in [0.4, 0.5) is 0 Å². The van der Waals surface area contributed by atoms with E-state index in [0.717, 1.165) is 36.6 Å².